The molecule has 0 spiro atoms. The van der Waals surface area contributed by atoms with E-state index in [0.717, 1.165) is 90.3 Å². The Kier molecular flexibility index (Phi) is 27.5. The maximum Gasteiger partial charge on any atom is 0.410 e. The molecule has 2 amide bonds. The van der Waals surface area contributed by atoms with Crippen molar-refractivity contribution in [3.8, 4) is 0 Å². The summed E-state index contributed by atoms with van der Waals surface area (Å²) in [6.07, 6.45) is 13.1. The molecule has 0 aromatic rings. The molecule has 14 heteroatoms. The molecule has 0 aromatic carbocycles. The van der Waals surface area contributed by atoms with Gasteiger partial charge in [0.25, 0.3) is 0 Å². The lowest BCUT2D eigenvalue weighted by atomic mass is 9.98. The highest BCUT2D eigenvalue weighted by atomic mass is 16.7. The Hall–Kier alpha value is -1.62. The third-order valence-corrected chi connectivity index (χ3v) is 11.4. The number of aliphatic hydroxyl groups is 6. The predicted molar refractivity (Wildman–Crippen MR) is 225 cm³/mol. The lowest BCUT2D eigenvalue weighted by molar-refractivity contribution is -0.303. The van der Waals surface area contributed by atoms with Crippen LogP contribution in [-0.4, -0.2) is 153 Å². The minimum Gasteiger partial charge on any atom is -0.444 e. The zero-order valence-corrected chi connectivity index (χ0v) is 36.7. The molecule has 0 aliphatic carbocycles. The second-order valence-corrected chi connectivity index (χ2v) is 17.8. The fourth-order valence-corrected chi connectivity index (χ4v) is 7.70. The topological polar surface area (TPSA) is 202 Å². The van der Waals surface area contributed by atoms with Crippen molar-refractivity contribution in [1.29, 1.82) is 0 Å². The number of aliphatic hydroxyl groups excluding tert-OH is 6. The number of hydrogen-bond donors (Lipinski definition) is 7. The van der Waals surface area contributed by atoms with Crippen molar-refractivity contribution >= 4 is 12.0 Å². The first-order chi connectivity index (χ1) is 27.8. The van der Waals surface area contributed by atoms with Crippen molar-refractivity contribution in [3.05, 3.63) is 0 Å². The van der Waals surface area contributed by atoms with Gasteiger partial charge in [-0.05, 0) is 46.6 Å². The molecule has 342 valence electrons. The van der Waals surface area contributed by atoms with Crippen LogP contribution in [0.3, 0.4) is 0 Å². The highest BCUT2D eigenvalue weighted by molar-refractivity contribution is 5.76. The average molecular weight is 832 g/mol. The standard InChI is InChI=1S/C44H85N3O11/c1-5-6-7-8-9-10-11-12-13-16-19-22-25-35(49)38(51)34(33-56-42-41(54)40(53)39(52)36(32-48)57-42)45-37(50)26-23-20-17-14-15-18-21-24-27-46-28-30-47(31-29-46)43(55)58-44(2,3)4/h34-36,38-42,48-49,51-54H,5-33H2,1-4H3,(H,45,50)/t34-,35+,36?,38-,39?,40?,41?,42?/m0/s1. The van der Waals surface area contributed by atoms with Gasteiger partial charge in [0.2, 0.25) is 5.91 Å². The van der Waals surface area contributed by atoms with E-state index in [4.69, 9.17) is 14.2 Å². The molecule has 0 saturated carbocycles. The first-order valence-electron chi connectivity index (χ1n) is 23.0. The highest BCUT2D eigenvalue weighted by Gasteiger charge is 2.44. The van der Waals surface area contributed by atoms with Gasteiger partial charge < -0.3 is 55.1 Å². The Morgan fingerprint density at radius 3 is 1.78 bits per heavy atom. The summed E-state index contributed by atoms with van der Waals surface area (Å²) in [7, 11) is 0. The summed E-state index contributed by atoms with van der Waals surface area (Å²) in [4.78, 5) is 29.5. The van der Waals surface area contributed by atoms with Gasteiger partial charge >= 0.3 is 6.09 Å². The molecule has 5 unspecified atom stereocenters. The van der Waals surface area contributed by atoms with E-state index in [-0.39, 0.29) is 25.0 Å². The summed E-state index contributed by atoms with van der Waals surface area (Å²) in [5, 5.41) is 65.2. The largest absolute Gasteiger partial charge is 0.444 e. The molecule has 2 aliphatic rings. The lowest BCUT2D eigenvalue weighted by Gasteiger charge is -2.40. The zero-order valence-electron chi connectivity index (χ0n) is 36.7. The molecule has 2 fully saturated rings. The summed E-state index contributed by atoms with van der Waals surface area (Å²) < 4.78 is 16.6. The Labute approximate surface area is 350 Å². The van der Waals surface area contributed by atoms with Gasteiger partial charge in [-0.3, -0.25) is 9.69 Å². The van der Waals surface area contributed by atoms with Crippen molar-refractivity contribution in [2.45, 2.75) is 224 Å². The van der Waals surface area contributed by atoms with Gasteiger partial charge in [-0.1, -0.05) is 122 Å². The Bertz CT molecular complexity index is 1060. The number of rotatable bonds is 31. The molecule has 0 aromatic heterocycles. The van der Waals surface area contributed by atoms with Crippen molar-refractivity contribution in [2.75, 3.05) is 45.9 Å². The molecular formula is C44H85N3O11. The lowest BCUT2D eigenvalue weighted by Crippen LogP contribution is -2.60. The minimum absolute atomic E-state index is 0.231. The number of amides is 2. The fourth-order valence-electron chi connectivity index (χ4n) is 7.70. The highest BCUT2D eigenvalue weighted by Crippen LogP contribution is 2.23. The Balaban J connectivity index is 1.67. The molecule has 8 atom stereocenters. The molecule has 2 heterocycles. The SMILES string of the molecule is CCCCCCCCCCCCCC[C@@H](O)[C@@H](O)[C@H](COC1OC(CO)C(O)C(O)C1O)NC(=O)CCCCCCCCCCN1CCN(C(=O)OC(C)(C)C)CC1. The second-order valence-electron chi connectivity index (χ2n) is 17.8. The molecule has 7 N–H and O–H groups in total. The van der Waals surface area contributed by atoms with E-state index in [1.165, 1.54) is 51.4 Å². The van der Waals surface area contributed by atoms with Crippen LogP contribution in [-0.2, 0) is 19.0 Å². The van der Waals surface area contributed by atoms with E-state index in [2.05, 4.69) is 17.1 Å². The van der Waals surface area contributed by atoms with Crippen molar-refractivity contribution in [3.63, 3.8) is 0 Å². The molecular weight excluding hydrogens is 746 g/mol. The van der Waals surface area contributed by atoms with Crippen LogP contribution < -0.4 is 5.32 Å². The first-order valence-corrected chi connectivity index (χ1v) is 23.0. The van der Waals surface area contributed by atoms with E-state index in [9.17, 15) is 40.2 Å². The normalized spacial score (nSPS) is 23.4. The number of carbonyl (C=O) groups is 2. The monoisotopic (exact) mass is 832 g/mol. The van der Waals surface area contributed by atoms with Crippen LogP contribution >= 0.6 is 0 Å². The van der Waals surface area contributed by atoms with Crippen LogP contribution in [0.25, 0.3) is 0 Å². The quantitative estimate of drug-likeness (QED) is 0.0453. The molecule has 2 rings (SSSR count). The van der Waals surface area contributed by atoms with Crippen LogP contribution in [0.5, 0.6) is 0 Å². The van der Waals surface area contributed by atoms with E-state index in [1.54, 1.807) is 4.90 Å². The van der Waals surface area contributed by atoms with Gasteiger partial charge in [0, 0.05) is 32.6 Å². The smallest absolute Gasteiger partial charge is 0.410 e. The summed E-state index contributed by atoms with van der Waals surface area (Å²) in [6, 6.07) is -1.01. The van der Waals surface area contributed by atoms with E-state index in [1.807, 2.05) is 20.8 Å². The van der Waals surface area contributed by atoms with Crippen LogP contribution in [0.15, 0.2) is 0 Å². The number of piperazine rings is 1. The van der Waals surface area contributed by atoms with Gasteiger partial charge in [0.05, 0.1) is 25.4 Å². The summed E-state index contributed by atoms with van der Waals surface area (Å²) >= 11 is 0. The van der Waals surface area contributed by atoms with Gasteiger partial charge in [-0.15, -0.1) is 0 Å². The molecule has 2 aliphatic heterocycles. The third kappa shape index (κ3) is 22.3. The predicted octanol–water partition coefficient (Wildman–Crippen LogP) is 5.16. The van der Waals surface area contributed by atoms with E-state index in [0.29, 0.717) is 25.9 Å². The average Bonchev–Trinajstić information content (AvgIpc) is 3.19. The Morgan fingerprint density at radius 2 is 1.24 bits per heavy atom. The maximum atomic E-state index is 13.0. The summed E-state index contributed by atoms with van der Waals surface area (Å²) in [5.41, 5.74) is -0.478. The molecule has 58 heavy (non-hydrogen) atoms. The number of nitrogens with zero attached hydrogens (tertiary/aromatic N) is 2. The number of nitrogens with one attached hydrogen (secondary N) is 1. The Morgan fingerprint density at radius 1 is 0.724 bits per heavy atom. The second kappa shape index (κ2) is 30.4. The molecule has 0 bridgehead atoms. The van der Waals surface area contributed by atoms with E-state index < -0.39 is 61.2 Å². The van der Waals surface area contributed by atoms with Gasteiger partial charge in [0.15, 0.2) is 6.29 Å². The van der Waals surface area contributed by atoms with Crippen LogP contribution in [0.1, 0.15) is 169 Å². The van der Waals surface area contributed by atoms with Crippen LogP contribution in [0.2, 0.25) is 0 Å². The van der Waals surface area contributed by atoms with Crippen LogP contribution in [0.4, 0.5) is 4.79 Å². The van der Waals surface area contributed by atoms with Gasteiger partial charge in [0.1, 0.15) is 36.1 Å². The number of ether oxygens (including phenoxy) is 3. The molecule has 2 saturated heterocycles. The zero-order chi connectivity index (χ0) is 42.8. The van der Waals surface area contributed by atoms with Crippen molar-refractivity contribution in [2.24, 2.45) is 0 Å². The fraction of sp³-hybridized carbons (Fsp3) is 0.955. The van der Waals surface area contributed by atoms with Gasteiger partial charge in [-0.25, -0.2) is 4.79 Å². The summed E-state index contributed by atoms with van der Waals surface area (Å²) in [6.45, 7) is 11.1. The molecule has 14 nitrogen and oxygen atoms in total. The van der Waals surface area contributed by atoms with Crippen molar-refractivity contribution in [1.82, 2.24) is 15.1 Å². The number of carbonyl (C=O) groups excluding carboxylic acids is 2. The third-order valence-electron chi connectivity index (χ3n) is 11.4. The molecule has 0 radical (unpaired) electrons. The van der Waals surface area contributed by atoms with Crippen LogP contribution in [0, 0.1) is 0 Å². The van der Waals surface area contributed by atoms with Crippen molar-refractivity contribution < 1.29 is 54.4 Å². The van der Waals surface area contributed by atoms with Gasteiger partial charge in [-0.2, -0.15) is 0 Å². The number of unbranched alkanes of at least 4 members (excludes halogenated alkanes) is 18. The number of hydrogen-bond acceptors (Lipinski definition) is 12. The first kappa shape index (κ1) is 52.5. The van der Waals surface area contributed by atoms with E-state index >= 15 is 0 Å². The minimum atomic E-state index is -1.62. The summed E-state index contributed by atoms with van der Waals surface area (Å²) in [5.74, 6) is -0.286. The maximum absolute atomic E-state index is 13.0.